The van der Waals surface area contributed by atoms with E-state index >= 15 is 0 Å². The summed E-state index contributed by atoms with van der Waals surface area (Å²) in [6.45, 7) is 7.50. The average Bonchev–Trinajstić information content (AvgIpc) is 2.50. The Morgan fingerprint density at radius 1 is 1.37 bits per heavy atom. The fraction of sp³-hybridized carbons (Fsp3) is 0.667. The predicted octanol–water partition coefficient (Wildman–Crippen LogP) is 1.18. The lowest BCUT2D eigenvalue weighted by Crippen LogP contribution is -2.41. The van der Waals surface area contributed by atoms with Crippen LogP contribution in [0.1, 0.15) is 18.9 Å². The molecule has 1 aromatic heterocycles. The van der Waals surface area contributed by atoms with Gasteiger partial charge in [-0.2, -0.15) is 0 Å². The van der Waals surface area contributed by atoms with Crippen LogP contribution in [0, 0.1) is 5.92 Å². The molecule has 0 spiro atoms. The molecule has 2 unspecified atom stereocenters. The van der Waals surface area contributed by atoms with Crippen LogP contribution in [0.5, 0.6) is 0 Å². The molecular weight excluding hydrogens is 236 g/mol. The summed E-state index contributed by atoms with van der Waals surface area (Å²) in [4.78, 5) is 9.24. The first-order valence-corrected chi connectivity index (χ1v) is 7.20. The van der Waals surface area contributed by atoms with Gasteiger partial charge in [0.1, 0.15) is 0 Å². The van der Waals surface area contributed by atoms with E-state index in [4.69, 9.17) is 5.73 Å². The number of nitrogens with zero attached hydrogens (tertiary/aromatic N) is 3. The van der Waals surface area contributed by atoms with Crippen LogP contribution in [0.2, 0.25) is 0 Å². The Labute approximate surface area is 116 Å². The van der Waals surface area contributed by atoms with Gasteiger partial charge in [-0.25, -0.2) is 0 Å². The van der Waals surface area contributed by atoms with E-state index in [0.29, 0.717) is 12.0 Å². The van der Waals surface area contributed by atoms with Crippen LogP contribution in [0.15, 0.2) is 24.5 Å². The Kier molecular flexibility index (Phi) is 5.31. The van der Waals surface area contributed by atoms with E-state index in [1.165, 1.54) is 12.1 Å². The van der Waals surface area contributed by atoms with Gasteiger partial charge in [0.05, 0.1) is 0 Å². The minimum Gasteiger partial charge on any atom is -0.330 e. The van der Waals surface area contributed by atoms with Crippen molar-refractivity contribution in [1.29, 1.82) is 0 Å². The number of likely N-dealkylation sites (N-methyl/N-ethyl adjacent to an activating group) is 1. The van der Waals surface area contributed by atoms with Gasteiger partial charge in [-0.05, 0) is 37.6 Å². The maximum atomic E-state index is 5.79. The molecule has 106 valence electrons. The Hall–Kier alpha value is -0.970. The van der Waals surface area contributed by atoms with Crippen molar-refractivity contribution in [3.05, 3.63) is 30.1 Å². The zero-order valence-electron chi connectivity index (χ0n) is 12.1. The van der Waals surface area contributed by atoms with Crippen LogP contribution >= 0.6 is 0 Å². The highest BCUT2D eigenvalue weighted by molar-refractivity contribution is 5.08. The number of aromatic nitrogens is 1. The summed E-state index contributed by atoms with van der Waals surface area (Å²) in [5, 5.41) is 0. The fourth-order valence-electron chi connectivity index (χ4n) is 3.08. The second kappa shape index (κ2) is 6.98. The molecule has 2 atom stereocenters. The summed E-state index contributed by atoms with van der Waals surface area (Å²) < 4.78 is 0. The Bertz CT molecular complexity index is 368. The molecule has 0 bridgehead atoms. The maximum absolute atomic E-state index is 5.79. The maximum Gasteiger partial charge on any atom is 0.0312 e. The van der Waals surface area contributed by atoms with Crippen LogP contribution in [0.3, 0.4) is 0 Å². The number of nitrogens with two attached hydrogens (primary N) is 1. The van der Waals surface area contributed by atoms with Crippen molar-refractivity contribution in [2.75, 3.05) is 33.2 Å². The second-order valence-electron chi connectivity index (χ2n) is 5.85. The van der Waals surface area contributed by atoms with Gasteiger partial charge >= 0.3 is 0 Å². The van der Waals surface area contributed by atoms with Crippen molar-refractivity contribution in [3.8, 4) is 0 Å². The van der Waals surface area contributed by atoms with Crippen LogP contribution in [0.4, 0.5) is 0 Å². The van der Waals surface area contributed by atoms with Crippen molar-refractivity contribution in [1.82, 2.24) is 14.8 Å². The molecule has 1 saturated heterocycles. The van der Waals surface area contributed by atoms with E-state index in [1.54, 1.807) is 0 Å². The SMILES string of the molecule is CC1CN(C)CC(CCN)N(Cc2cccnc2)C1. The Morgan fingerprint density at radius 3 is 2.89 bits per heavy atom. The molecular formula is C15H26N4. The monoisotopic (exact) mass is 262 g/mol. The minimum absolute atomic E-state index is 0.556. The van der Waals surface area contributed by atoms with Crippen molar-refractivity contribution in [3.63, 3.8) is 0 Å². The number of pyridine rings is 1. The van der Waals surface area contributed by atoms with Gasteiger partial charge in [-0.3, -0.25) is 9.88 Å². The third-order valence-electron chi connectivity index (χ3n) is 3.82. The zero-order valence-corrected chi connectivity index (χ0v) is 12.1. The summed E-state index contributed by atoms with van der Waals surface area (Å²) in [6, 6.07) is 4.73. The molecule has 19 heavy (non-hydrogen) atoms. The Morgan fingerprint density at radius 2 is 2.21 bits per heavy atom. The smallest absolute Gasteiger partial charge is 0.0312 e. The Balaban J connectivity index is 2.08. The molecule has 2 N–H and O–H groups in total. The molecule has 2 rings (SSSR count). The molecule has 2 heterocycles. The molecule has 0 saturated carbocycles. The molecule has 4 heteroatoms. The minimum atomic E-state index is 0.556. The van der Waals surface area contributed by atoms with E-state index in [1.807, 2.05) is 18.5 Å². The molecule has 1 aliphatic heterocycles. The number of hydrogen-bond acceptors (Lipinski definition) is 4. The summed E-state index contributed by atoms with van der Waals surface area (Å²) >= 11 is 0. The van der Waals surface area contributed by atoms with Crippen molar-refractivity contribution in [2.24, 2.45) is 11.7 Å². The fourth-order valence-corrected chi connectivity index (χ4v) is 3.08. The van der Waals surface area contributed by atoms with Crippen molar-refractivity contribution < 1.29 is 0 Å². The van der Waals surface area contributed by atoms with Gasteiger partial charge < -0.3 is 10.6 Å². The second-order valence-corrected chi connectivity index (χ2v) is 5.85. The van der Waals surface area contributed by atoms with Gasteiger partial charge in [0.15, 0.2) is 0 Å². The van der Waals surface area contributed by atoms with Gasteiger partial charge in [0, 0.05) is 44.6 Å². The molecule has 1 fully saturated rings. The molecule has 0 aromatic carbocycles. The zero-order chi connectivity index (χ0) is 13.7. The summed E-state index contributed by atoms with van der Waals surface area (Å²) in [6.07, 6.45) is 4.87. The summed E-state index contributed by atoms with van der Waals surface area (Å²) in [5.74, 6) is 0.699. The van der Waals surface area contributed by atoms with Crippen molar-refractivity contribution in [2.45, 2.75) is 25.9 Å². The van der Waals surface area contributed by atoms with Gasteiger partial charge in [0.25, 0.3) is 0 Å². The molecule has 0 aliphatic carbocycles. The van der Waals surface area contributed by atoms with E-state index in [0.717, 1.165) is 32.6 Å². The predicted molar refractivity (Wildman–Crippen MR) is 78.8 cm³/mol. The molecule has 0 radical (unpaired) electrons. The largest absolute Gasteiger partial charge is 0.330 e. The third kappa shape index (κ3) is 4.27. The highest BCUT2D eigenvalue weighted by Gasteiger charge is 2.26. The first-order chi connectivity index (χ1) is 9.19. The third-order valence-corrected chi connectivity index (χ3v) is 3.82. The topological polar surface area (TPSA) is 45.4 Å². The lowest BCUT2D eigenvalue weighted by Gasteiger charge is -2.31. The standard InChI is InChI=1S/C15H26N4/c1-13-9-18(2)12-15(5-6-16)19(10-13)11-14-4-3-7-17-8-14/h3-4,7-8,13,15H,5-6,9-12,16H2,1-2H3. The number of hydrogen-bond donors (Lipinski definition) is 1. The number of rotatable bonds is 4. The van der Waals surface area contributed by atoms with Crippen molar-refractivity contribution >= 4 is 0 Å². The quantitative estimate of drug-likeness (QED) is 0.885. The highest BCUT2D eigenvalue weighted by atomic mass is 15.2. The lowest BCUT2D eigenvalue weighted by molar-refractivity contribution is 0.167. The van der Waals surface area contributed by atoms with Crippen LogP contribution in [0.25, 0.3) is 0 Å². The van der Waals surface area contributed by atoms with Gasteiger partial charge in [0.2, 0.25) is 0 Å². The van der Waals surface area contributed by atoms with E-state index < -0.39 is 0 Å². The van der Waals surface area contributed by atoms with Crippen LogP contribution < -0.4 is 5.73 Å². The van der Waals surface area contributed by atoms with Gasteiger partial charge in [-0.15, -0.1) is 0 Å². The van der Waals surface area contributed by atoms with E-state index in [2.05, 4.69) is 34.8 Å². The molecule has 4 nitrogen and oxygen atoms in total. The first kappa shape index (κ1) is 14.4. The molecule has 0 amide bonds. The average molecular weight is 262 g/mol. The molecule has 1 aliphatic rings. The van der Waals surface area contributed by atoms with E-state index in [9.17, 15) is 0 Å². The highest BCUT2D eigenvalue weighted by Crippen LogP contribution is 2.18. The lowest BCUT2D eigenvalue weighted by atomic mass is 10.1. The van der Waals surface area contributed by atoms with Crippen LogP contribution in [-0.2, 0) is 6.54 Å². The van der Waals surface area contributed by atoms with Crippen LogP contribution in [-0.4, -0.2) is 54.1 Å². The first-order valence-electron chi connectivity index (χ1n) is 7.20. The molecule has 1 aromatic rings. The summed E-state index contributed by atoms with van der Waals surface area (Å²) in [7, 11) is 2.22. The van der Waals surface area contributed by atoms with Gasteiger partial charge in [-0.1, -0.05) is 13.0 Å². The van der Waals surface area contributed by atoms with E-state index in [-0.39, 0.29) is 0 Å². The summed E-state index contributed by atoms with van der Waals surface area (Å²) in [5.41, 5.74) is 7.08. The normalized spacial score (nSPS) is 26.3.